The first kappa shape index (κ1) is 26.0. The third-order valence-corrected chi connectivity index (χ3v) is 9.18. The van der Waals surface area contributed by atoms with Gasteiger partial charge in [0.05, 0.1) is 24.2 Å². The fourth-order valence-corrected chi connectivity index (χ4v) is 6.55. The number of sulfonamides is 1. The van der Waals surface area contributed by atoms with Crippen LogP contribution in [0.2, 0.25) is 0 Å². The number of morpholine rings is 1. The van der Waals surface area contributed by atoms with E-state index in [4.69, 9.17) is 9.72 Å². The number of rotatable bonds is 8. The molecule has 1 aromatic carbocycles. The molecule has 2 aliphatic rings. The predicted molar refractivity (Wildman–Crippen MR) is 139 cm³/mol. The summed E-state index contributed by atoms with van der Waals surface area (Å²) >= 11 is 0. The molecule has 0 unspecified atom stereocenters. The first-order chi connectivity index (χ1) is 17.9. The van der Waals surface area contributed by atoms with E-state index in [1.165, 1.54) is 16.4 Å². The van der Waals surface area contributed by atoms with Crippen molar-refractivity contribution < 1.29 is 22.7 Å². The first-order valence-corrected chi connectivity index (χ1v) is 14.5. The van der Waals surface area contributed by atoms with Gasteiger partial charge in [0.1, 0.15) is 11.5 Å². The maximum Gasteiger partial charge on any atom is 0.243 e. The van der Waals surface area contributed by atoms with Crippen LogP contribution in [0, 0.1) is 5.82 Å². The summed E-state index contributed by atoms with van der Waals surface area (Å²) < 4.78 is 50.3. The van der Waals surface area contributed by atoms with Gasteiger partial charge in [-0.15, -0.1) is 0 Å². The number of nitrogens with zero attached hydrogens (tertiary/aromatic N) is 4. The topological polar surface area (TPSA) is 110 Å². The van der Waals surface area contributed by atoms with Gasteiger partial charge in [0.25, 0.3) is 0 Å². The average Bonchev–Trinajstić information content (AvgIpc) is 3.28. The molecule has 0 bridgehead atoms. The number of aromatic nitrogens is 3. The van der Waals surface area contributed by atoms with Crippen LogP contribution in [0.15, 0.2) is 35.5 Å². The number of anilines is 1. The van der Waals surface area contributed by atoms with Crippen LogP contribution in [0.1, 0.15) is 51.5 Å². The van der Waals surface area contributed by atoms with Gasteiger partial charge in [0.2, 0.25) is 16.0 Å². The van der Waals surface area contributed by atoms with Gasteiger partial charge in [-0.05, 0) is 44.2 Å². The fraction of sp³-hybridized carbons (Fsp3) is 0.538. The maximum absolute atomic E-state index is 15.5. The van der Waals surface area contributed by atoms with Gasteiger partial charge in [-0.3, -0.25) is 0 Å². The van der Waals surface area contributed by atoms with E-state index >= 15 is 4.39 Å². The highest BCUT2D eigenvalue weighted by Crippen LogP contribution is 2.38. The summed E-state index contributed by atoms with van der Waals surface area (Å²) in [6.45, 7) is 4.04. The third kappa shape index (κ3) is 5.36. The van der Waals surface area contributed by atoms with Gasteiger partial charge in [-0.25, -0.2) is 17.8 Å². The smallest absolute Gasteiger partial charge is 0.243 e. The minimum absolute atomic E-state index is 0.0701. The molecular weight excluding hydrogens is 497 g/mol. The number of ether oxygens (including phenoxy) is 1. The van der Waals surface area contributed by atoms with Crippen molar-refractivity contribution in [1.82, 2.24) is 18.8 Å². The highest BCUT2D eigenvalue weighted by molar-refractivity contribution is 7.89. The third-order valence-electron chi connectivity index (χ3n) is 7.28. The Balaban J connectivity index is 1.53. The van der Waals surface area contributed by atoms with E-state index in [0.717, 1.165) is 38.3 Å². The zero-order valence-electron chi connectivity index (χ0n) is 21.1. The molecule has 0 radical (unpaired) electrons. The number of unbranched alkanes of at least 4 members (excludes halogenated alkanes) is 1. The lowest BCUT2D eigenvalue weighted by Crippen LogP contribution is -2.40. The van der Waals surface area contributed by atoms with E-state index in [1.807, 2.05) is 6.20 Å². The van der Waals surface area contributed by atoms with E-state index < -0.39 is 15.8 Å². The maximum atomic E-state index is 15.5. The Morgan fingerprint density at radius 3 is 2.62 bits per heavy atom. The van der Waals surface area contributed by atoms with Crippen molar-refractivity contribution in [1.29, 1.82) is 0 Å². The molecule has 0 atom stereocenters. The number of benzene rings is 1. The highest BCUT2D eigenvalue weighted by Gasteiger charge is 2.29. The van der Waals surface area contributed by atoms with Crippen LogP contribution in [-0.2, 0) is 14.8 Å². The molecular formula is C26H34FN5O4S. The Morgan fingerprint density at radius 2 is 1.92 bits per heavy atom. The van der Waals surface area contributed by atoms with Crippen LogP contribution in [0.4, 0.5) is 10.3 Å². The van der Waals surface area contributed by atoms with Crippen LogP contribution in [0.25, 0.3) is 22.2 Å². The Bertz CT molecular complexity index is 1350. The van der Waals surface area contributed by atoms with Gasteiger partial charge < -0.3 is 19.7 Å². The summed E-state index contributed by atoms with van der Waals surface area (Å²) in [6.07, 6.45) is 8.36. The van der Waals surface area contributed by atoms with Crippen LogP contribution in [-0.4, -0.2) is 71.3 Å². The Kier molecular flexibility index (Phi) is 7.75. The standard InChI is InChI=1S/C26H34FN5O4S/c1-2-3-10-28-26-29-16-22-23(17-32(25(22)30-26)18-4-6-19(33)7-5-18)21-9-8-20(15-24(21)27)37(34,35)31-11-13-36-14-12-31/h8-9,15-19,33H,2-7,10-14H2,1H3,(H,28,29,30). The van der Waals surface area contributed by atoms with Gasteiger partial charge in [-0.1, -0.05) is 19.4 Å². The second-order valence-corrected chi connectivity index (χ2v) is 11.7. The van der Waals surface area contributed by atoms with Crippen molar-refractivity contribution >= 4 is 27.0 Å². The van der Waals surface area contributed by atoms with E-state index in [1.54, 1.807) is 6.20 Å². The Labute approximate surface area is 216 Å². The van der Waals surface area contributed by atoms with Gasteiger partial charge in [-0.2, -0.15) is 9.29 Å². The molecule has 1 aliphatic heterocycles. The molecule has 1 aliphatic carbocycles. The second-order valence-electron chi connectivity index (χ2n) is 9.78. The fourth-order valence-electron chi connectivity index (χ4n) is 5.13. The monoisotopic (exact) mass is 531 g/mol. The SMILES string of the molecule is CCCCNc1ncc2c(-c3ccc(S(=O)(=O)N4CCOCC4)cc3F)cn(C3CCC(O)CC3)c2n1. The van der Waals surface area contributed by atoms with E-state index in [-0.39, 0.29) is 30.1 Å². The van der Waals surface area contributed by atoms with E-state index in [2.05, 4.69) is 21.8 Å². The van der Waals surface area contributed by atoms with Crippen LogP contribution in [0.5, 0.6) is 0 Å². The summed E-state index contributed by atoms with van der Waals surface area (Å²) in [6, 6.07) is 4.22. The average molecular weight is 532 g/mol. The molecule has 2 aromatic heterocycles. The molecule has 0 amide bonds. The number of nitrogens with one attached hydrogen (secondary N) is 1. The zero-order valence-corrected chi connectivity index (χ0v) is 21.9. The number of fused-ring (bicyclic) bond motifs is 1. The lowest BCUT2D eigenvalue weighted by molar-refractivity contribution is 0.0730. The lowest BCUT2D eigenvalue weighted by atomic mass is 9.93. The van der Waals surface area contributed by atoms with Crippen molar-refractivity contribution in [2.75, 3.05) is 38.2 Å². The van der Waals surface area contributed by atoms with Crippen molar-refractivity contribution in [2.24, 2.45) is 0 Å². The van der Waals surface area contributed by atoms with Gasteiger partial charge in [0, 0.05) is 54.6 Å². The van der Waals surface area contributed by atoms with Crippen molar-refractivity contribution in [3.05, 3.63) is 36.4 Å². The number of aliphatic hydroxyl groups excluding tert-OH is 1. The number of hydrogen-bond donors (Lipinski definition) is 2. The molecule has 5 rings (SSSR count). The molecule has 9 nitrogen and oxygen atoms in total. The number of aliphatic hydroxyl groups is 1. The summed E-state index contributed by atoms with van der Waals surface area (Å²) in [7, 11) is -3.81. The second kappa shape index (κ2) is 11.0. The molecule has 3 heterocycles. The Hall–Kier alpha value is -2.60. The molecule has 0 spiro atoms. The number of hydrogen-bond acceptors (Lipinski definition) is 7. The van der Waals surface area contributed by atoms with Gasteiger partial charge >= 0.3 is 0 Å². The van der Waals surface area contributed by atoms with Gasteiger partial charge in [0.15, 0.2) is 0 Å². The minimum Gasteiger partial charge on any atom is -0.393 e. The first-order valence-electron chi connectivity index (χ1n) is 13.1. The summed E-state index contributed by atoms with van der Waals surface area (Å²) in [5.74, 6) is -0.0901. The quantitative estimate of drug-likeness (QED) is 0.424. The molecule has 11 heteroatoms. The van der Waals surface area contributed by atoms with Crippen LogP contribution in [0.3, 0.4) is 0 Å². The minimum atomic E-state index is -3.81. The van der Waals surface area contributed by atoms with Crippen molar-refractivity contribution in [3.8, 4) is 11.1 Å². The predicted octanol–water partition coefficient (Wildman–Crippen LogP) is 3.95. The molecule has 2 fully saturated rings. The summed E-state index contributed by atoms with van der Waals surface area (Å²) in [5.41, 5.74) is 1.62. The van der Waals surface area contributed by atoms with Crippen LogP contribution < -0.4 is 5.32 Å². The molecule has 2 N–H and O–H groups in total. The largest absolute Gasteiger partial charge is 0.393 e. The summed E-state index contributed by atoms with van der Waals surface area (Å²) in [5, 5.41) is 14.0. The zero-order chi connectivity index (χ0) is 26.0. The Morgan fingerprint density at radius 1 is 1.16 bits per heavy atom. The normalized spacial score (nSPS) is 21.4. The lowest BCUT2D eigenvalue weighted by Gasteiger charge is -2.27. The van der Waals surface area contributed by atoms with Crippen molar-refractivity contribution in [3.63, 3.8) is 0 Å². The molecule has 1 saturated heterocycles. The van der Waals surface area contributed by atoms with Crippen LogP contribution >= 0.6 is 0 Å². The number of halogens is 1. The van der Waals surface area contributed by atoms with Crippen molar-refractivity contribution in [2.45, 2.75) is 62.5 Å². The van der Waals surface area contributed by atoms with E-state index in [0.29, 0.717) is 54.2 Å². The molecule has 200 valence electrons. The van der Waals surface area contributed by atoms with E-state index in [9.17, 15) is 13.5 Å². The molecule has 3 aromatic rings. The summed E-state index contributed by atoms with van der Waals surface area (Å²) in [4.78, 5) is 9.18. The molecule has 37 heavy (non-hydrogen) atoms. The molecule has 1 saturated carbocycles. The highest BCUT2D eigenvalue weighted by atomic mass is 32.2.